The summed E-state index contributed by atoms with van der Waals surface area (Å²) in [5.41, 5.74) is 2.76. The topological polar surface area (TPSA) is 93.5 Å². The smallest absolute Gasteiger partial charge is 0.266 e. The Labute approximate surface area is 185 Å². The van der Waals surface area contributed by atoms with E-state index < -0.39 is 6.10 Å². The first-order valence-electron chi connectivity index (χ1n) is 10.1. The Bertz CT molecular complexity index is 1070. The molecule has 1 unspecified atom stereocenters. The van der Waals surface area contributed by atoms with Crippen molar-refractivity contribution in [2.75, 3.05) is 5.32 Å². The van der Waals surface area contributed by atoms with Gasteiger partial charge >= 0.3 is 0 Å². The number of nitrogens with one attached hydrogen (secondary N) is 2. The summed E-state index contributed by atoms with van der Waals surface area (Å²) < 4.78 is 11.6. The summed E-state index contributed by atoms with van der Waals surface area (Å²) in [6, 6.07) is 9.64. The van der Waals surface area contributed by atoms with Gasteiger partial charge in [0.15, 0.2) is 17.0 Å². The van der Waals surface area contributed by atoms with Crippen LogP contribution in [0.1, 0.15) is 50.5 Å². The maximum atomic E-state index is 12.6. The fraction of sp³-hybridized carbons (Fsp3) is 0.348. The van der Waals surface area contributed by atoms with Crippen molar-refractivity contribution in [2.45, 2.75) is 53.2 Å². The van der Waals surface area contributed by atoms with E-state index in [1.54, 1.807) is 24.4 Å². The van der Waals surface area contributed by atoms with Gasteiger partial charge in [0.05, 0.1) is 6.54 Å². The van der Waals surface area contributed by atoms with Crippen molar-refractivity contribution in [3.8, 4) is 17.2 Å². The van der Waals surface area contributed by atoms with Gasteiger partial charge in [-0.05, 0) is 49.1 Å². The molecule has 8 heteroatoms. The summed E-state index contributed by atoms with van der Waals surface area (Å²) in [6.07, 6.45) is -0.679. The average Bonchev–Trinajstić information content (AvgIpc) is 3.37. The zero-order chi connectivity index (χ0) is 22.5. The van der Waals surface area contributed by atoms with Crippen LogP contribution in [0.2, 0.25) is 0 Å². The lowest BCUT2D eigenvalue weighted by Gasteiger charge is -2.17. The zero-order valence-corrected chi connectivity index (χ0v) is 19.1. The first kappa shape index (κ1) is 22.6. The van der Waals surface area contributed by atoms with Crippen molar-refractivity contribution in [3.63, 3.8) is 0 Å². The Hall–Kier alpha value is -3.13. The van der Waals surface area contributed by atoms with Gasteiger partial charge in [-0.25, -0.2) is 4.98 Å². The van der Waals surface area contributed by atoms with E-state index in [1.807, 2.05) is 19.1 Å². The van der Waals surface area contributed by atoms with E-state index >= 15 is 0 Å². The van der Waals surface area contributed by atoms with Gasteiger partial charge in [0.25, 0.3) is 5.91 Å². The van der Waals surface area contributed by atoms with E-state index in [9.17, 15) is 9.59 Å². The lowest BCUT2D eigenvalue weighted by molar-refractivity contribution is -0.122. The maximum absolute atomic E-state index is 12.6. The predicted molar refractivity (Wildman–Crippen MR) is 121 cm³/mol. The Morgan fingerprint density at radius 2 is 1.97 bits per heavy atom. The zero-order valence-electron chi connectivity index (χ0n) is 18.3. The molecule has 1 aromatic carbocycles. The molecule has 0 fully saturated rings. The van der Waals surface area contributed by atoms with Crippen LogP contribution >= 0.6 is 11.3 Å². The van der Waals surface area contributed by atoms with Gasteiger partial charge in [-0.3, -0.25) is 14.9 Å². The molecule has 0 spiro atoms. The molecule has 0 radical (unpaired) electrons. The molecule has 0 saturated heterocycles. The Kier molecular flexibility index (Phi) is 7.12. The van der Waals surface area contributed by atoms with E-state index in [4.69, 9.17) is 9.15 Å². The molecule has 2 N–H and O–H groups in total. The van der Waals surface area contributed by atoms with Gasteiger partial charge in [0.2, 0.25) is 5.91 Å². The van der Waals surface area contributed by atoms with Crippen molar-refractivity contribution in [3.05, 3.63) is 52.6 Å². The quantitative estimate of drug-likeness (QED) is 0.520. The van der Waals surface area contributed by atoms with E-state index in [-0.39, 0.29) is 11.8 Å². The van der Waals surface area contributed by atoms with E-state index in [0.29, 0.717) is 40.6 Å². The molecule has 2 aromatic heterocycles. The van der Waals surface area contributed by atoms with Gasteiger partial charge in [0.1, 0.15) is 17.2 Å². The SMILES string of the molecule is CC(=O)NCc1ccc(-c2csc(NC(=O)C(C)Oc3cc(C(C)C)ccc3C)n2)o1. The number of carbonyl (C=O) groups excluding carboxylic acids is 2. The minimum Gasteiger partial charge on any atom is -0.481 e. The molecule has 2 amide bonds. The summed E-state index contributed by atoms with van der Waals surface area (Å²) in [5.74, 6) is 1.88. The number of hydrogen-bond acceptors (Lipinski definition) is 6. The fourth-order valence-electron chi connectivity index (χ4n) is 2.82. The van der Waals surface area contributed by atoms with Crippen LogP contribution in [-0.4, -0.2) is 22.9 Å². The molecule has 0 aliphatic rings. The Morgan fingerprint density at radius 3 is 2.68 bits per heavy atom. The Balaban J connectivity index is 1.62. The van der Waals surface area contributed by atoms with Crippen LogP contribution in [0.4, 0.5) is 5.13 Å². The number of aromatic nitrogens is 1. The first-order chi connectivity index (χ1) is 14.7. The highest BCUT2D eigenvalue weighted by molar-refractivity contribution is 7.14. The molecule has 0 bridgehead atoms. The lowest BCUT2D eigenvalue weighted by atomic mass is 10.0. The number of thiazole rings is 1. The molecule has 0 aliphatic heterocycles. The molecule has 0 aliphatic carbocycles. The van der Waals surface area contributed by atoms with Crippen LogP contribution in [-0.2, 0) is 16.1 Å². The number of ether oxygens (including phenoxy) is 1. The second kappa shape index (κ2) is 9.78. The van der Waals surface area contributed by atoms with Crippen LogP contribution in [0.15, 0.2) is 40.1 Å². The highest BCUT2D eigenvalue weighted by atomic mass is 32.1. The Morgan fingerprint density at radius 1 is 1.19 bits per heavy atom. The first-order valence-corrected chi connectivity index (χ1v) is 11.0. The fourth-order valence-corrected chi connectivity index (χ4v) is 3.52. The summed E-state index contributed by atoms with van der Waals surface area (Å²) >= 11 is 1.31. The number of hydrogen-bond donors (Lipinski definition) is 2. The number of carbonyl (C=O) groups is 2. The summed E-state index contributed by atoms with van der Waals surface area (Å²) in [5, 5.41) is 7.75. The molecule has 1 atom stereocenters. The van der Waals surface area contributed by atoms with Crippen molar-refractivity contribution < 1.29 is 18.7 Å². The van der Waals surface area contributed by atoms with E-state index in [2.05, 4.69) is 35.5 Å². The lowest BCUT2D eigenvalue weighted by Crippen LogP contribution is -2.30. The van der Waals surface area contributed by atoms with Crippen molar-refractivity contribution >= 4 is 28.3 Å². The van der Waals surface area contributed by atoms with Crippen LogP contribution < -0.4 is 15.4 Å². The number of amides is 2. The number of anilines is 1. The second-order valence-electron chi connectivity index (χ2n) is 7.64. The standard InChI is InChI=1S/C23H27N3O4S/c1-13(2)17-7-6-14(3)21(10-17)29-15(4)22(28)26-23-25-19(12-31-23)20-9-8-18(30-20)11-24-16(5)27/h6-10,12-13,15H,11H2,1-5H3,(H,24,27)(H,25,26,28). The van der Waals surface area contributed by atoms with Crippen molar-refractivity contribution in [1.82, 2.24) is 10.3 Å². The van der Waals surface area contributed by atoms with Crippen LogP contribution in [0.5, 0.6) is 5.75 Å². The number of nitrogens with zero attached hydrogens (tertiary/aromatic N) is 1. The second-order valence-corrected chi connectivity index (χ2v) is 8.50. The molecule has 7 nitrogen and oxygen atoms in total. The van der Waals surface area contributed by atoms with Crippen LogP contribution in [0.3, 0.4) is 0 Å². The molecule has 2 heterocycles. The molecule has 164 valence electrons. The third kappa shape index (κ3) is 5.95. The molecular weight excluding hydrogens is 414 g/mol. The minimum atomic E-state index is -0.679. The van der Waals surface area contributed by atoms with Gasteiger partial charge in [-0.1, -0.05) is 26.0 Å². The van der Waals surface area contributed by atoms with Crippen molar-refractivity contribution in [2.24, 2.45) is 0 Å². The molecular formula is C23H27N3O4S. The summed E-state index contributed by atoms with van der Waals surface area (Å²) in [7, 11) is 0. The van der Waals surface area contributed by atoms with Gasteiger partial charge in [-0.2, -0.15) is 0 Å². The summed E-state index contributed by atoms with van der Waals surface area (Å²) in [6.45, 7) is 9.67. The third-order valence-corrected chi connectivity index (χ3v) is 5.47. The van der Waals surface area contributed by atoms with Gasteiger partial charge in [0, 0.05) is 12.3 Å². The molecule has 0 saturated carbocycles. The third-order valence-electron chi connectivity index (χ3n) is 4.71. The monoisotopic (exact) mass is 441 g/mol. The highest BCUT2D eigenvalue weighted by Gasteiger charge is 2.19. The van der Waals surface area contributed by atoms with E-state index in [0.717, 1.165) is 11.1 Å². The predicted octanol–water partition coefficient (Wildman–Crippen LogP) is 4.88. The summed E-state index contributed by atoms with van der Waals surface area (Å²) in [4.78, 5) is 28.1. The van der Waals surface area contributed by atoms with E-state index in [1.165, 1.54) is 18.3 Å². The largest absolute Gasteiger partial charge is 0.481 e. The molecule has 31 heavy (non-hydrogen) atoms. The van der Waals surface area contributed by atoms with Crippen LogP contribution in [0, 0.1) is 6.92 Å². The van der Waals surface area contributed by atoms with Gasteiger partial charge in [-0.15, -0.1) is 11.3 Å². The highest BCUT2D eigenvalue weighted by Crippen LogP contribution is 2.28. The number of rotatable bonds is 8. The van der Waals surface area contributed by atoms with Crippen molar-refractivity contribution in [1.29, 1.82) is 0 Å². The molecule has 3 rings (SSSR count). The number of benzene rings is 1. The molecule has 3 aromatic rings. The maximum Gasteiger partial charge on any atom is 0.266 e. The minimum absolute atomic E-state index is 0.126. The van der Waals surface area contributed by atoms with Gasteiger partial charge < -0.3 is 14.5 Å². The average molecular weight is 442 g/mol. The normalized spacial score (nSPS) is 11.9. The number of aryl methyl sites for hydroxylation is 1. The van der Waals surface area contributed by atoms with Crippen LogP contribution in [0.25, 0.3) is 11.5 Å². The number of furan rings is 1.